The molecular formula is C32H30F4N6O3. The van der Waals surface area contributed by atoms with Crippen molar-refractivity contribution in [3.8, 4) is 28.9 Å². The zero-order chi connectivity index (χ0) is 30.6. The number of fused-ring (bicyclic) bond motifs is 7. The number of nitrogens with one attached hydrogen (secondary N) is 1. The van der Waals surface area contributed by atoms with Crippen molar-refractivity contribution in [2.24, 2.45) is 0 Å². The van der Waals surface area contributed by atoms with Gasteiger partial charge in [0.2, 0.25) is 5.88 Å². The molecule has 45 heavy (non-hydrogen) atoms. The lowest BCUT2D eigenvalue weighted by Crippen LogP contribution is -2.60. The lowest BCUT2D eigenvalue weighted by atomic mass is 9.95. The van der Waals surface area contributed by atoms with Gasteiger partial charge in [0, 0.05) is 42.5 Å². The van der Waals surface area contributed by atoms with Crippen molar-refractivity contribution in [3.05, 3.63) is 41.7 Å². The molecule has 4 aromatic rings. The SMILES string of the molecule is Oc1cc(-c2nc3c4c(nc(OC[C@@]56CCCN5C[C@H](F)C6)nc4c2F)N2C[C@@H]4CC[C@@H](N4)[C@H]2CO3)c2c(F)c(F)ccc2c1. The van der Waals surface area contributed by atoms with Crippen LogP contribution in [0.2, 0.25) is 0 Å². The highest BCUT2D eigenvalue weighted by Gasteiger charge is 2.50. The van der Waals surface area contributed by atoms with Gasteiger partial charge in [-0.25, -0.2) is 22.5 Å². The minimum atomic E-state index is -1.19. The first-order valence-corrected chi connectivity index (χ1v) is 15.5. The molecule has 2 aromatic heterocycles. The van der Waals surface area contributed by atoms with Gasteiger partial charge in [-0.3, -0.25) is 4.90 Å². The number of halogens is 4. The van der Waals surface area contributed by atoms with E-state index in [4.69, 9.17) is 14.5 Å². The number of alkyl halides is 1. The minimum Gasteiger partial charge on any atom is -0.508 e. The summed E-state index contributed by atoms with van der Waals surface area (Å²) in [6.45, 7) is 2.14. The maximum Gasteiger partial charge on any atom is 0.319 e. The zero-order valence-corrected chi connectivity index (χ0v) is 24.2. The summed E-state index contributed by atoms with van der Waals surface area (Å²) < 4.78 is 73.5. The van der Waals surface area contributed by atoms with Crippen molar-refractivity contribution >= 4 is 27.5 Å². The third kappa shape index (κ3) is 4.09. The Balaban J connectivity index is 1.24. The molecule has 0 amide bonds. The number of piperazine rings is 1. The number of anilines is 1. The molecule has 9 rings (SSSR count). The Kier molecular flexibility index (Phi) is 5.93. The lowest BCUT2D eigenvalue weighted by Gasteiger charge is -2.40. The lowest BCUT2D eigenvalue weighted by molar-refractivity contribution is 0.107. The maximum absolute atomic E-state index is 16.8. The Morgan fingerprint density at radius 3 is 2.84 bits per heavy atom. The summed E-state index contributed by atoms with van der Waals surface area (Å²) in [5, 5.41) is 14.3. The van der Waals surface area contributed by atoms with Gasteiger partial charge in [-0.1, -0.05) is 6.07 Å². The Bertz CT molecular complexity index is 1900. The summed E-state index contributed by atoms with van der Waals surface area (Å²) in [5.41, 5.74) is -1.12. The van der Waals surface area contributed by atoms with Gasteiger partial charge < -0.3 is 24.8 Å². The van der Waals surface area contributed by atoms with Gasteiger partial charge in [0.1, 0.15) is 47.5 Å². The first-order chi connectivity index (χ1) is 21.8. The van der Waals surface area contributed by atoms with E-state index in [1.54, 1.807) is 0 Å². The molecule has 5 aliphatic heterocycles. The fourth-order valence-corrected chi connectivity index (χ4v) is 8.38. The summed E-state index contributed by atoms with van der Waals surface area (Å²) >= 11 is 0. The van der Waals surface area contributed by atoms with Gasteiger partial charge >= 0.3 is 6.01 Å². The van der Waals surface area contributed by atoms with Crippen LogP contribution in [0.3, 0.4) is 0 Å². The van der Waals surface area contributed by atoms with Gasteiger partial charge in [-0.2, -0.15) is 9.97 Å². The second-order valence-corrected chi connectivity index (χ2v) is 13.0. The standard InChI is InChI=1S/C32H30F4N6O3/c33-16-10-32(6-1-7-41(32)11-16)14-45-31-39-28-24-29(40-31)42-12-17-3-5-21(37-17)22(42)13-44-30(24)38-27(26(28)36)19-9-18(43)8-15-2-4-20(34)25(35)23(15)19/h2,4,8-9,16-17,21-22,37,43H,1,3,5-7,10-14H2/t16-,17+,21-,22-,32+/m1/s1. The molecule has 2 aromatic carbocycles. The van der Waals surface area contributed by atoms with Crippen molar-refractivity contribution in [1.82, 2.24) is 25.2 Å². The van der Waals surface area contributed by atoms with Crippen LogP contribution < -0.4 is 19.7 Å². The molecule has 234 valence electrons. The first kappa shape index (κ1) is 27.3. The van der Waals surface area contributed by atoms with Crippen LogP contribution in [-0.4, -0.2) is 87.6 Å². The number of phenolic OH excluding ortho intramolecular Hbond substituents is 1. The normalized spacial score (nSPS) is 28.8. The molecule has 0 spiro atoms. The van der Waals surface area contributed by atoms with Gasteiger partial charge in [-0.15, -0.1) is 0 Å². The number of pyridine rings is 1. The van der Waals surface area contributed by atoms with E-state index < -0.39 is 29.2 Å². The molecule has 4 saturated heterocycles. The van der Waals surface area contributed by atoms with Crippen LogP contribution in [0.4, 0.5) is 23.4 Å². The van der Waals surface area contributed by atoms with E-state index >= 15 is 8.78 Å². The number of benzene rings is 2. The molecule has 13 heteroatoms. The van der Waals surface area contributed by atoms with E-state index in [0.29, 0.717) is 25.3 Å². The minimum absolute atomic E-state index is 0.0538. The number of hydrogen-bond donors (Lipinski definition) is 2. The van der Waals surface area contributed by atoms with Crippen LogP contribution in [0.25, 0.3) is 32.9 Å². The molecule has 0 unspecified atom stereocenters. The Labute approximate surface area is 255 Å². The number of rotatable bonds is 4. The van der Waals surface area contributed by atoms with Crippen LogP contribution in [-0.2, 0) is 0 Å². The van der Waals surface area contributed by atoms with Crippen LogP contribution in [0.15, 0.2) is 24.3 Å². The molecule has 2 N–H and O–H groups in total. The number of hydrogen-bond acceptors (Lipinski definition) is 9. The highest BCUT2D eigenvalue weighted by molar-refractivity contribution is 6.02. The van der Waals surface area contributed by atoms with Crippen LogP contribution in [0.5, 0.6) is 17.6 Å². The van der Waals surface area contributed by atoms with Crippen LogP contribution in [0.1, 0.15) is 32.1 Å². The molecule has 0 aliphatic carbocycles. The van der Waals surface area contributed by atoms with E-state index in [0.717, 1.165) is 44.4 Å². The first-order valence-electron chi connectivity index (χ1n) is 15.5. The van der Waals surface area contributed by atoms with Gasteiger partial charge in [0.05, 0.1) is 11.6 Å². The van der Waals surface area contributed by atoms with Gasteiger partial charge in [0.15, 0.2) is 17.5 Å². The van der Waals surface area contributed by atoms with Crippen molar-refractivity contribution in [3.63, 3.8) is 0 Å². The topological polar surface area (TPSA) is 95.9 Å². The molecule has 9 nitrogen and oxygen atoms in total. The predicted molar refractivity (Wildman–Crippen MR) is 157 cm³/mol. The molecule has 0 saturated carbocycles. The second-order valence-electron chi connectivity index (χ2n) is 13.0. The fraction of sp³-hybridized carbons (Fsp3) is 0.469. The van der Waals surface area contributed by atoms with Crippen molar-refractivity contribution in [1.29, 1.82) is 0 Å². The Morgan fingerprint density at radius 1 is 1.07 bits per heavy atom. The molecular weight excluding hydrogens is 592 g/mol. The summed E-state index contributed by atoms with van der Waals surface area (Å²) in [6, 6.07) is 4.83. The maximum atomic E-state index is 16.8. The molecule has 0 radical (unpaired) electrons. The monoisotopic (exact) mass is 622 g/mol. The van der Waals surface area contributed by atoms with Crippen molar-refractivity contribution in [2.45, 2.75) is 61.9 Å². The average molecular weight is 623 g/mol. The van der Waals surface area contributed by atoms with E-state index in [1.165, 1.54) is 12.1 Å². The molecule has 7 heterocycles. The van der Waals surface area contributed by atoms with Crippen LogP contribution in [0, 0.1) is 17.5 Å². The highest BCUT2D eigenvalue weighted by atomic mass is 19.2. The van der Waals surface area contributed by atoms with Gasteiger partial charge in [0.25, 0.3) is 0 Å². The number of nitrogens with zero attached hydrogens (tertiary/aromatic N) is 5. The smallest absolute Gasteiger partial charge is 0.319 e. The average Bonchev–Trinajstić information content (AvgIpc) is 3.65. The summed E-state index contributed by atoms with van der Waals surface area (Å²) in [4.78, 5) is 18.1. The van der Waals surface area contributed by atoms with E-state index in [-0.39, 0.29) is 81.9 Å². The molecule has 2 bridgehead atoms. The van der Waals surface area contributed by atoms with Gasteiger partial charge in [-0.05, 0) is 55.8 Å². The number of phenols is 1. The van der Waals surface area contributed by atoms with Crippen molar-refractivity contribution < 1.29 is 32.1 Å². The molecule has 5 aliphatic rings. The summed E-state index contributed by atoms with van der Waals surface area (Å²) in [6.07, 6.45) is 3.06. The van der Waals surface area contributed by atoms with Crippen molar-refractivity contribution in [2.75, 3.05) is 37.7 Å². The molecule has 4 fully saturated rings. The Morgan fingerprint density at radius 2 is 1.96 bits per heavy atom. The predicted octanol–water partition coefficient (Wildman–Crippen LogP) is 4.62. The molecule has 5 atom stereocenters. The third-order valence-corrected chi connectivity index (χ3v) is 10.4. The third-order valence-electron chi connectivity index (χ3n) is 10.4. The van der Waals surface area contributed by atoms with Crippen LogP contribution >= 0.6 is 0 Å². The highest BCUT2D eigenvalue weighted by Crippen LogP contribution is 2.45. The summed E-state index contributed by atoms with van der Waals surface area (Å²) in [5.74, 6) is -3.01. The summed E-state index contributed by atoms with van der Waals surface area (Å²) in [7, 11) is 0. The number of aromatic nitrogens is 3. The number of aromatic hydroxyl groups is 1. The second kappa shape index (κ2) is 9.76. The zero-order valence-electron chi connectivity index (χ0n) is 24.2. The fourth-order valence-electron chi connectivity index (χ4n) is 8.38. The Hall–Kier alpha value is -3.97. The van der Waals surface area contributed by atoms with E-state index in [2.05, 4.69) is 25.1 Å². The number of ether oxygens (including phenoxy) is 2. The van der Waals surface area contributed by atoms with E-state index in [1.807, 2.05) is 0 Å². The largest absolute Gasteiger partial charge is 0.508 e. The quantitative estimate of drug-likeness (QED) is 0.316. The van der Waals surface area contributed by atoms with E-state index in [9.17, 15) is 13.9 Å².